The lowest BCUT2D eigenvalue weighted by atomic mass is 10.2. The molecule has 0 bridgehead atoms. The standard InChI is InChI=1S/C11H8BrCl2N3/c1-6-3-2-4-8(13)9(6)16-10-7(12)5-15-11(14)17-10/h2-5H,1H3,(H,15,16,17). The van der Waals surface area contributed by atoms with E-state index >= 15 is 0 Å². The van der Waals surface area contributed by atoms with Gasteiger partial charge in [0, 0.05) is 6.20 Å². The van der Waals surface area contributed by atoms with Crippen LogP contribution in [0.4, 0.5) is 11.5 Å². The Hall–Kier alpha value is -0.840. The minimum absolute atomic E-state index is 0.181. The Bertz CT molecular complexity index is 540. The van der Waals surface area contributed by atoms with Gasteiger partial charge in [0.1, 0.15) is 5.82 Å². The maximum Gasteiger partial charge on any atom is 0.224 e. The van der Waals surface area contributed by atoms with E-state index in [-0.39, 0.29) is 5.28 Å². The summed E-state index contributed by atoms with van der Waals surface area (Å²) in [6.07, 6.45) is 1.59. The topological polar surface area (TPSA) is 37.8 Å². The summed E-state index contributed by atoms with van der Waals surface area (Å²) < 4.78 is 0.723. The Morgan fingerprint density at radius 3 is 2.76 bits per heavy atom. The molecule has 6 heteroatoms. The number of rotatable bonds is 2. The number of hydrogen-bond acceptors (Lipinski definition) is 3. The normalized spacial score (nSPS) is 10.4. The fourth-order valence-corrected chi connectivity index (χ4v) is 2.03. The van der Waals surface area contributed by atoms with E-state index in [4.69, 9.17) is 23.2 Å². The second kappa shape index (κ2) is 5.21. The smallest absolute Gasteiger partial charge is 0.224 e. The molecule has 0 aliphatic rings. The number of nitrogens with one attached hydrogen (secondary N) is 1. The van der Waals surface area contributed by atoms with Gasteiger partial charge in [-0.25, -0.2) is 4.98 Å². The Kier molecular flexibility index (Phi) is 3.86. The molecule has 0 saturated heterocycles. The summed E-state index contributed by atoms with van der Waals surface area (Å²) in [5.74, 6) is 0.584. The van der Waals surface area contributed by atoms with Gasteiger partial charge in [-0.2, -0.15) is 4.98 Å². The summed E-state index contributed by atoms with van der Waals surface area (Å²) in [7, 11) is 0. The van der Waals surface area contributed by atoms with Crippen LogP contribution in [-0.2, 0) is 0 Å². The third kappa shape index (κ3) is 2.89. The van der Waals surface area contributed by atoms with Crippen molar-refractivity contribution in [3.8, 4) is 0 Å². The van der Waals surface area contributed by atoms with Crippen molar-refractivity contribution in [2.24, 2.45) is 0 Å². The van der Waals surface area contributed by atoms with Crippen molar-refractivity contribution >= 4 is 50.6 Å². The summed E-state index contributed by atoms with van der Waals surface area (Å²) >= 11 is 15.2. The van der Waals surface area contributed by atoms with Gasteiger partial charge in [0.05, 0.1) is 15.2 Å². The average molecular weight is 333 g/mol. The highest BCUT2D eigenvalue weighted by Gasteiger charge is 2.08. The molecule has 3 nitrogen and oxygen atoms in total. The zero-order valence-electron chi connectivity index (χ0n) is 8.84. The van der Waals surface area contributed by atoms with E-state index < -0.39 is 0 Å². The third-order valence-corrected chi connectivity index (χ3v) is 3.26. The lowest BCUT2D eigenvalue weighted by Crippen LogP contribution is -1.98. The molecule has 0 unspecified atom stereocenters. The van der Waals surface area contributed by atoms with Crippen molar-refractivity contribution in [1.29, 1.82) is 0 Å². The highest BCUT2D eigenvalue weighted by atomic mass is 79.9. The zero-order chi connectivity index (χ0) is 12.4. The van der Waals surface area contributed by atoms with Crippen molar-refractivity contribution in [3.63, 3.8) is 0 Å². The van der Waals surface area contributed by atoms with Crippen LogP contribution in [0.25, 0.3) is 0 Å². The molecule has 2 rings (SSSR count). The Balaban J connectivity index is 2.41. The van der Waals surface area contributed by atoms with Gasteiger partial charge in [0.15, 0.2) is 0 Å². The van der Waals surface area contributed by atoms with E-state index in [0.29, 0.717) is 10.8 Å². The molecule has 1 aromatic carbocycles. The van der Waals surface area contributed by atoms with Gasteiger partial charge in [0.2, 0.25) is 5.28 Å². The summed E-state index contributed by atoms with van der Waals surface area (Å²) in [6, 6.07) is 5.67. The van der Waals surface area contributed by atoms with E-state index in [1.807, 2.05) is 25.1 Å². The molecule has 0 fully saturated rings. The molecular weight excluding hydrogens is 325 g/mol. The predicted octanol–water partition coefficient (Wildman–Crippen LogP) is 4.60. The van der Waals surface area contributed by atoms with Gasteiger partial charge >= 0.3 is 0 Å². The fourth-order valence-electron chi connectivity index (χ4n) is 1.34. The Morgan fingerprint density at radius 2 is 2.06 bits per heavy atom. The van der Waals surface area contributed by atoms with Crippen molar-refractivity contribution in [3.05, 3.63) is 44.7 Å². The molecule has 2 aromatic rings. The monoisotopic (exact) mass is 331 g/mol. The molecule has 0 aliphatic carbocycles. The highest BCUT2D eigenvalue weighted by molar-refractivity contribution is 9.10. The number of hydrogen-bond donors (Lipinski definition) is 1. The van der Waals surface area contributed by atoms with Crippen LogP contribution in [0.1, 0.15) is 5.56 Å². The molecule has 1 aromatic heterocycles. The van der Waals surface area contributed by atoms with Crippen LogP contribution < -0.4 is 5.32 Å². The van der Waals surface area contributed by atoms with Crippen molar-refractivity contribution in [1.82, 2.24) is 9.97 Å². The van der Waals surface area contributed by atoms with Crippen molar-refractivity contribution < 1.29 is 0 Å². The number of nitrogens with zero attached hydrogens (tertiary/aromatic N) is 2. The van der Waals surface area contributed by atoms with E-state index in [1.54, 1.807) is 6.20 Å². The number of aryl methyl sites for hydroxylation is 1. The molecule has 0 aliphatic heterocycles. The summed E-state index contributed by atoms with van der Waals surface area (Å²) in [6.45, 7) is 1.96. The summed E-state index contributed by atoms with van der Waals surface area (Å²) in [4.78, 5) is 7.95. The Labute approximate surface area is 117 Å². The largest absolute Gasteiger partial charge is 0.338 e. The van der Waals surface area contributed by atoms with Crippen LogP contribution in [0, 0.1) is 6.92 Å². The third-order valence-electron chi connectivity index (χ3n) is 2.18. The first-order chi connectivity index (χ1) is 8.08. The van der Waals surface area contributed by atoms with Gasteiger partial charge in [-0.3, -0.25) is 0 Å². The van der Waals surface area contributed by atoms with Gasteiger partial charge in [-0.1, -0.05) is 23.7 Å². The molecule has 0 amide bonds. The van der Waals surface area contributed by atoms with Gasteiger partial charge in [-0.05, 0) is 46.1 Å². The Morgan fingerprint density at radius 1 is 1.29 bits per heavy atom. The van der Waals surface area contributed by atoms with E-state index in [1.165, 1.54) is 0 Å². The first-order valence-corrected chi connectivity index (χ1v) is 6.33. The predicted molar refractivity (Wildman–Crippen MR) is 74.2 cm³/mol. The molecule has 1 heterocycles. The molecular formula is C11H8BrCl2N3. The minimum Gasteiger partial charge on any atom is -0.338 e. The van der Waals surface area contributed by atoms with Crippen LogP contribution in [0.15, 0.2) is 28.9 Å². The van der Waals surface area contributed by atoms with Gasteiger partial charge in [0.25, 0.3) is 0 Å². The molecule has 0 spiro atoms. The van der Waals surface area contributed by atoms with Crippen LogP contribution in [-0.4, -0.2) is 9.97 Å². The van der Waals surface area contributed by atoms with Gasteiger partial charge < -0.3 is 5.32 Å². The molecule has 0 saturated carbocycles. The quantitative estimate of drug-likeness (QED) is 0.817. The summed E-state index contributed by atoms with van der Waals surface area (Å²) in [5, 5.41) is 3.95. The lowest BCUT2D eigenvalue weighted by molar-refractivity contribution is 1.15. The molecule has 0 radical (unpaired) electrons. The highest BCUT2D eigenvalue weighted by Crippen LogP contribution is 2.31. The second-order valence-corrected chi connectivity index (χ2v) is 4.99. The van der Waals surface area contributed by atoms with Crippen molar-refractivity contribution in [2.45, 2.75) is 6.92 Å². The van der Waals surface area contributed by atoms with Crippen LogP contribution in [0.3, 0.4) is 0 Å². The van der Waals surface area contributed by atoms with Crippen LogP contribution in [0.5, 0.6) is 0 Å². The number of aromatic nitrogens is 2. The lowest BCUT2D eigenvalue weighted by Gasteiger charge is -2.11. The first-order valence-electron chi connectivity index (χ1n) is 4.78. The number of para-hydroxylation sites is 1. The fraction of sp³-hybridized carbons (Fsp3) is 0.0909. The second-order valence-electron chi connectivity index (χ2n) is 3.39. The zero-order valence-corrected chi connectivity index (χ0v) is 11.9. The van der Waals surface area contributed by atoms with Crippen LogP contribution >= 0.6 is 39.1 Å². The number of halogens is 3. The van der Waals surface area contributed by atoms with Gasteiger partial charge in [-0.15, -0.1) is 0 Å². The molecule has 88 valence electrons. The van der Waals surface area contributed by atoms with E-state index in [2.05, 4.69) is 31.2 Å². The van der Waals surface area contributed by atoms with Crippen molar-refractivity contribution in [2.75, 3.05) is 5.32 Å². The SMILES string of the molecule is Cc1cccc(Cl)c1Nc1nc(Cl)ncc1Br. The number of anilines is 2. The molecule has 1 N–H and O–H groups in total. The first kappa shape index (κ1) is 12.6. The van der Waals surface area contributed by atoms with Crippen LogP contribution in [0.2, 0.25) is 10.3 Å². The molecule has 0 atom stereocenters. The molecule has 17 heavy (non-hydrogen) atoms. The number of benzene rings is 1. The van der Waals surface area contributed by atoms with E-state index in [0.717, 1.165) is 15.7 Å². The minimum atomic E-state index is 0.181. The summed E-state index contributed by atoms with van der Waals surface area (Å²) in [5.41, 5.74) is 1.84. The van der Waals surface area contributed by atoms with E-state index in [9.17, 15) is 0 Å². The maximum absolute atomic E-state index is 6.12. The maximum atomic E-state index is 6.12. The average Bonchev–Trinajstić information content (AvgIpc) is 2.28.